The van der Waals surface area contributed by atoms with Crippen molar-refractivity contribution in [2.24, 2.45) is 5.92 Å². The Kier molecular flexibility index (Phi) is 5.37. The number of hydrogen-bond donors (Lipinski definition) is 1. The number of rotatable bonds is 5. The van der Waals surface area contributed by atoms with Crippen molar-refractivity contribution in [3.05, 3.63) is 34.1 Å². The molecule has 0 aliphatic carbocycles. The molecule has 19 heavy (non-hydrogen) atoms. The Balaban J connectivity index is 1.75. The molecule has 1 aromatic carbocycles. The number of nitrogens with zero attached hydrogens (tertiary/aromatic N) is 1. The Morgan fingerprint density at radius 3 is 2.89 bits per heavy atom. The monoisotopic (exact) mass is 328 g/mol. The van der Waals surface area contributed by atoms with Gasteiger partial charge in [0, 0.05) is 23.6 Å². The fourth-order valence-corrected chi connectivity index (χ4v) is 3.07. The molecule has 0 spiro atoms. The minimum absolute atomic E-state index is 0.195. The lowest BCUT2D eigenvalue weighted by molar-refractivity contribution is 0.264. The lowest BCUT2D eigenvalue weighted by Gasteiger charge is -2.20. The van der Waals surface area contributed by atoms with Crippen LogP contribution in [0.1, 0.15) is 25.8 Å². The maximum Gasteiger partial charge on any atom is 0.124 e. The van der Waals surface area contributed by atoms with Gasteiger partial charge < -0.3 is 10.2 Å². The first-order chi connectivity index (χ1) is 9.06. The van der Waals surface area contributed by atoms with E-state index < -0.39 is 0 Å². The zero-order valence-corrected chi connectivity index (χ0v) is 13.2. The summed E-state index contributed by atoms with van der Waals surface area (Å²) in [4.78, 5) is 2.53. The van der Waals surface area contributed by atoms with Gasteiger partial charge in [0.15, 0.2) is 0 Å². The molecular formula is C15H22BrFN2. The first-order valence-corrected chi connectivity index (χ1v) is 7.74. The van der Waals surface area contributed by atoms with Gasteiger partial charge in [0.1, 0.15) is 5.82 Å². The van der Waals surface area contributed by atoms with Crippen LogP contribution < -0.4 is 5.32 Å². The highest BCUT2D eigenvalue weighted by Gasteiger charge is 2.23. The quantitative estimate of drug-likeness (QED) is 0.891. The molecule has 1 atom stereocenters. The zero-order valence-electron chi connectivity index (χ0n) is 11.6. The second-order valence-electron chi connectivity index (χ2n) is 5.61. The summed E-state index contributed by atoms with van der Waals surface area (Å²) in [6.45, 7) is 8.74. The predicted molar refractivity (Wildman–Crippen MR) is 80.6 cm³/mol. The SMILES string of the molecule is CC(C)N1CCC(CNCc2ccc(F)cc2Br)C1. The molecule has 1 unspecified atom stereocenters. The van der Waals surface area contributed by atoms with Crippen LogP contribution in [-0.4, -0.2) is 30.6 Å². The maximum absolute atomic E-state index is 13.0. The summed E-state index contributed by atoms with van der Waals surface area (Å²) < 4.78 is 13.8. The molecule has 0 amide bonds. The molecular weight excluding hydrogens is 307 g/mol. The van der Waals surface area contributed by atoms with Crippen molar-refractivity contribution in [3.8, 4) is 0 Å². The largest absolute Gasteiger partial charge is 0.312 e. The highest BCUT2D eigenvalue weighted by Crippen LogP contribution is 2.19. The second kappa shape index (κ2) is 6.82. The number of halogens is 2. The van der Waals surface area contributed by atoms with Gasteiger partial charge in [0.05, 0.1) is 0 Å². The summed E-state index contributed by atoms with van der Waals surface area (Å²) in [6.07, 6.45) is 1.27. The van der Waals surface area contributed by atoms with Crippen LogP contribution in [0.2, 0.25) is 0 Å². The van der Waals surface area contributed by atoms with Gasteiger partial charge >= 0.3 is 0 Å². The molecule has 1 aliphatic heterocycles. The number of likely N-dealkylation sites (tertiary alicyclic amines) is 1. The van der Waals surface area contributed by atoms with Crippen molar-refractivity contribution in [1.29, 1.82) is 0 Å². The summed E-state index contributed by atoms with van der Waals surface area (Å²) in [5.41, 5.74) is 1.11. The van der Waals surface area contributed by atoms with Crippen molar-refractivity contribution in [1.82, 2.24) is 10.2 Å². The minimum atomic E-state index is -0.195. The van der Waals surface area contributed by atoms with Crippen LogP contribution in [0.5, 0.6) is 0 Å². The van der Waals surface area contributed by atoms with Gasteiger partial charge in [-0.15, -0.1) is 0 Å². The van der Waals surface area contributed by atoms with Gasteiger partial charge in [0.2, 0.25) is 0 Å². The third-order valence-electron chi connectivity index (χ3n) is 3.81. The van der Waals surface area contributed by atoms with Gasteiger partial charge in [-0.25, -0.2) is 4.39 Å². The average molecular weight is 329 g/mol. The summed E-state index contributed by atoms with van der Waals surface area (Å²) in [7, 11) is 0. The summed E-state index contributed by atoms with van der Waals surface area (Å²) in [5.74, 6) is 0.542. The van der Waals surface area contributed by atoms with E-state index in [1.165, 1.54) is 31.6 Å². The van der Waals surface area contributed by atoms with Gasteiger partial charge in [0.25, 0.3) is 0 Å². The topological polar surface area (TPSA) is 15.3 Å². The molecule has 0 saturated carbocycles. The van der Waals surface area contributed by atoms with E-state index in [-0.39, 0.29) is 5.82 Å². The van der Waals surface area contributed by atoms with Crippen molar-refractivity contribution in [2.75, 3.05) is 19.6 Å². The van der Waals surface area contributed by atoms with Gasteiger partial charge in [-0.3, -0.25) is 0 Å². The highest BCUT2D eigenvalue weighted by molar-refractivity contribution is 9.10. The molecule has 1 heterocycles. The summed E-state index contributed by atoms with van der Waals surface area (Å²) in [5, 5.41) is 3.48. The van der Waals surface area contributed by atoms with E-state index in [2.05, 4.69) is 40.0 Å². The van der Waals surface area contributed by atoms with Gasteiger partial charge in [-0.2, -0.15) is 0 Å². The van der Waals surface area contributed by atoms with E-state index >= 15 is 0 Å². The van der Waals surface area contributed by atoms with E-state index in [0.29, 0.717) is 6.04 Å². The number of hydrogen-bond acceptors (Lipinski definition) is 2. The molecule has 0 aromatic heterocycles. The van der Waals surface area contributed by atoms with Crippen LogP contribution in [0.25, 0.3) is 0 Å². The molecule has 0 bridgehead atoms. The van der Waals surface area contributed by atoms with Crippen molar-refractivity contribution >= 4 is 15.9 Å². The fraction of sp³-hybridized carbons (Fsp3) is 0.600. The van der Waals surface area contributed by atoms with Crippen molar-refractivity contribution in [2.45, 2.75) is 32.9 Å². The normalized spacial score (nSPS) is 20.4. The third kappa shape index (κ3) is 4.26. The fourth-order valence-electron chi connectivity index (χ4n) is 2.57. The first-order valence-electron chi connectivity index (χ1n) is 6.95. The molecule has 4 heteroatoms. The van der Waals surface area contributed by atoms with E-state index in [4.69, 9.17) is 0 Å². The number of benzene rings is 1. The van der Waals surface area contributed by atoms with E-state index in [1.54, 1.807) is 0 Å². The lowest BCUT2D eigenvalue weighted by atomic mass is 10.1. The Bertz CT molecular complexity index is 423. The molecule has 0 radical (unpaired) electrons. The second-order valence-corrected chi connectivity index (χ2v) is 6.46. The molecule has 1 aromatic rings. The third-order valence-corrected chi connectivity index (χ3v) is 4.55. The van der Waals surface area contributed by atoms with Crippen LogP contribution in [0.4, 0.5) is 4.39 Å². The summed E-state index contributed by atoms with van der Waals surface area (Å²) >= 11 is 3.40. The molecule has 2 rings (SSSR count). The van der Waals surface area contributed by atoms with Gasteiger partial charge in [-0.05, 0) is 57.0 Å². The predicted octanol–water partition coefficient (Wildman–Crippen LogP) is 3.41. The number of nitrogens with one attached hydrogen (secondary N) is 1. The van der Waals surface area contributed by atoms with E-state index in [0.717, 1.165) is 29.0 Å². The molecule has 1 N–H and O–H groups in total. The minimum Gasteiger partial charge on any atom is -0.312 e. The Labute approximate surface area is 123 Å². The highest BCUT2D eigenvalue weighted by atomic mass is 79.9. The van der Waals surface area contributed by atoms with Crippen LogP contribution in [0.3, 0.4) is 0 Å². The smallest absolute Gasteiger partial charge is 0.124 e. The average Bonchev–Trinajstić information content (AvgIpc) is 2.81. The van der Waals surface area contributed by atoms with Crippen LogP contribution in [-0.2, 0) is 6.54 Å². The molecule has 1 fully saturated rings. The zero-order chi connectivity index (χ0) is 13.8. The Morgan fingerprint density at radius 2 is 2.26 bits per heavy atom. The molecule has 106 valence electrons. The van der Waals surface area contributed by atoms with E-state index in [1.807, 2.05) is 6.07 Å². The summed E-state index contributed by atoms with van der Waals surface area (Å²) in [6, 6.07) is 5.52. The van der Waals surface area contributed by atoms with Gasteiger partial charge in [-0.1, -0.05) is 22.0 Å². The van der Waals surface area contributed by atoms with Crippen molar-refractivity contribution in [3.63, 3.8) is 0 Å². The Morgan fingerprint density at radius 1 is 1.47 bits per heavy atom. The first kappa shape index (κ1) is 14.9. The molecule has 2 nitrogen and oxygen atoms in total. The Hall–Kier alpha value is -0.450. The maximum atomic E-state index is 13.0. The molecule has 1 saturated heterocycles. The van der Waals surface area contributed by atoms with Crippen LogP contribution in [0, 0.1) is 11.7 Å². The van der Waals surface area contributed by atoms with Crippen molar-refractivity contribution < 1.29 is 4.39 Å². The van der Waals surface area contributed by atoms with E-state index in [9.17, 15) is 4.39 Å². The molecule has 1 aliphatic rings. The standard InChI is InChI=1S/C15H22BrFN2/c1-11(2)19-6-5-12(10-19)8-18-9-13-3-4-14(17)7-15(13)16/h3-4,7,11-12,18H,5-6,8-10H2,1-2H3. The van der Waals surface area contributed by atoms with Crippen LogP contribution in [0.15, 0.2) is 22.7 Å². The lowest BCUT2D eigenvalue weighted by Crippen LogP contribution is -2.30. The van der Waals surface area contributed by atoms with Crippen LogP contribution >= 0.6 is 15.9 Å².